The van der Waals surface area contributed by atoms with Crippen LogP contribution in [0.2, 0.25) is 0 Å². The van der Waals surface area contributed by atoms with Crippen LogP contribution >= 0.6 is 15.9 Å². The van der Waals surface area contributed by atoms with Crippen molar-refractivity contribution in [3.8, 4) is 0 Å². The van der Waals surface area contributed by atoms with E-state index in [0.717, 1.165) is 16.5 Å². The summed E-state index contributed by atoms with van der Waals surface area (Å²) in [7, 11) is 0. The standard InChI is InChI=1S/C13H21BrN2O/c1-9(7-10(2)17)16-13(8-15)11-5-3-4-6-12(11)14/h3-6,9-10,13,16-17H,7-8,15H2,1-2H3. The smallest absolute Gasteiger partial charge is 0.0526 e. The number of hydrogen-bond acceptors (Lipinski definition) is 3. The third kappa shape index (κ3) is 4.76. The Kier molecular flexibility index (Phi) is 6.12. The number of halogens is 1. The van der Waals surface area contributed by atoms with E-state index < -0.39 is 0 Å². The number of hydrogen-bond donors (Lipinski definition) is 3. The lowest BCUT2D eigenvalue weighted by molar-refractivity contribution is 0.168. The third-order valence-corrected chi connectivity index (χ3v) is 3.42. The van der Waals surface area contributed by atoms with Gasteiger partial charge in [0.05, 0.1) is 6.10 Å². The van der Waals surface area contributed by atoms with Gasteiger partial charge in [-0.25, -0.2) is 0 Å². The molecule has 0 aliphatic carbocycles. The molecule has 4 N–H and O–H groups in total. The van der Waals surface area contributed by atoms with Crippen molar-refractivity contribution < 1.29 is 5.11 Å². The molecule has 17 heavy (non-hydrogen) atoms. The fourth-order valence-electron chi connectivity index (χ4n) is 1.97. The lowest BCUT2D eigenvalue weighted by Gasteiger charge is -2.24. The number of benzene rings is 1. The van der Waals surface area contributed by atoms with E-state index in [1.165, 1.54) is 0 Å². The Morgan fingerprint density at radius 2 is 2.00 bits per heavy atom. The second kappa shape index (κ2) is 7.11. The first-order valence-corrected chi connectivity index (χ1v) is 6.72. The van der Waals surface area contributed by atoms with Gasteiger partial charge in [0, 0.05) is 23.1 Å². The molecule has 0 aromatic heterocycles. The molecular formula is C13H21BrN2O. The number of rotatable bonds is 6. The monoisotopic (exact) mass is 300 g/mol. The SMILES string of the molecule is CC(O)CC(C)NC(CN)c1ccccc1Br. The normalized spacial score (nSPS) is 16.5. The van der Waals surface area contributed by atoms with Crippen molar-refractivity contribution in [2.45, 2.75) is 38.5 Å². The van der Waals surface area contributed by atoms with E-state index in [4.69, 9.17) is 5.73 Å². The maximum Gasteiger partial charge on any atom is 0.0526 e. The van der Waals surface area contributed by atoms with Gasteiger partial charge in [-0.2, -0.15) is 0 Å². The summed E-state index contributed by atoms with van der Waals surface area (Å²) in [5, 5.41) is 12.8. The summed E-state index contributed by atoms with van der Waals surface area (Å²) >= 11 is 3.53. The molecule has 0 saturated carbocycles. The predicted octanol–water partition coefficient (Wildman–Crippen LogP) is 2.20. The molecule has 1 rings (SSSR count). The molecule has 0 amide bonds. The van der Waals surface area contributed by atoms with Gasteiger partial charge in [0.25, 0.3) is 0 Å². The number of aliphatic hydroxyl groups is 1. The molecule has 3 atom stereocenters. The van der Waals surface area contributed by atoms with E-state index in [1.54, 1.807) is 6.92 Å². The molecule has 0 heterocycles. The topological polar surface area (TPSA) is 58.3 Å². The van der Waals surface area contributed by atoms with Crippen LogP contribution < -0.4 is 11.1 Å². The highest BCUT2D eigenvalue weighted by Gasteiger charge is 2.15. The zero-order chi connectivity index (χ0) is 12.8. The second-order valence-electron chi connectivity index (χ2n) is 4.46. The van der Waals surface area contributed by atoms with Crippen molar-refractivity contribution in [2.24, 2.45) is 5.73 Å². The first-order chi connectivity index (χ1) is 8.04. The first kappa shape index (κ1) is 14.6. The minimum absolute atomic E-state index is 0.110. The predicted molar refractivity (Wildman–Crippen MR) is 74.8 cm³/mol. The second-order valence-corrected chi connectivity index (χ2v) is 5.32. The fraction of sp³-hybridized carbons (Fsp3) is 0.538. The van der Waals surface area contributed by atoms with E-state index in [-0.39, 0.29) is 18.2 Å². The van der Waals surface area contributed by atoms with E-state index in [9.17, 15) is 5.11 Å². The Labute approximate surface area is 112 Å². The average Bonchev–Trinajstić information content (AvgIpc) is 2.26. The van der Waals surface area contributed by atoms with Gasteiger partial charge in [-0.05, 0) is 31.9 Å². The maximum atomic E-state index is 9.35. The largest absolute Gasteiger partial charge is 0.393 e. The number of nitrogens with two attached hydrogens (primary N) is 1. The molecule has 3 unspecified atom stereocenters. The van der Waals surface area contributed by atoms with Crippen molar-refractivity contribution in [3.63, 3.8) is 0 Å². The summed E-state index contributed by atoms with van der Waals surface area (Å²) in [6, 6.07) is 8.40. The molecule has 0 saturated heterocycles. The quantitative estimate of drug-likeness (QED) is 0.755. The lowest BCUT2D eigenvalue weighted by atomic mass is 10.0. The lowest BCUT2D eigenvalue weighted by Crippen LogP contribution is -2.36. The Morgan fingerprint density at radius 1 is 1.35 bits per heavy atom. The van der Waals surface area contributed by atoms with Crippen LogP contribution in [0.5, 0.6) is 0 Å². The van der Waals surface area contributed by atoms with Crippen molar-refractivity contribution in [3.05, 3.63) is 34.3 Å². The van der Waals surface area contributed by atoms with Gasteiger partial charge in [0.15, 0.2) is 0 Å². The Balaban J connectivity index is 2.69. The molecule has 1 aromatic rings. The van der Waals surface area contributed by atoms with Crippen molar-refractivity contribution in [2.75, 3.05) is 6.54 Å². The summed E-state index contributed by atoms with van der Waals surface area (Å²) in [6.07, 6.45) is 0.427. The van der Waals surface area contributed by atoms with Crippen LogP contribution in [0.4, 0.5) is 0 Å². The van der Waals surface area contributed by atoms with Crippen molar-refractivity contribution in [1.29, 1.82) is 0 Å². The van der Waals surface area contributed by atoms with Gasteiger partial charge in [-0.3, -0.25) is 0 Å². The molecule has 0 aliphatic heterocycles. The molecule has 0 radical (unpaired) electrons. The van der Waals surface area contributed by atoms with Crippen LogP contribution in [0.1, 0.15) is 31.9 Å². The first-order valence-electron chi connectivity index (χ1n) is 5.93. The van der Waals surface area contributed by atoms with Crippen molar-refractivity contribution in [1.82, 2.24) is 5.32 Å². The molecule has 0 fully saturated rings. The highest BCUT2D eigenvalue weighted by molar-refractivity contribution is 9.10. The molecule has 96 valence electrons. The van der Waals surface area contributed by atoms with E-state index in [0.29, 0.717) is 6.54 Å². The van der Waals surface area contributed by atoms with Gasteiger partial charge >= 0.3 is 0 Å². The summed E-state index contributed by atoms with van der Waals surface area (Å²) < 4.78 is 1.06. The summed E-state index contributed by atoms with van der Waals surface area (Å²) in [5.74, 6) is 0. The minimum atomic E-state index is -0.296. The molecule has 1 aromatic carbocycles. The Bertz CT molecular complexity index is 344. The summed E-state index contributed by atoms with van der Waals surface area (Å²) in [4.78, 5) is 0. The molecule has 4 heteroatoms. The average molecular weight is 301 g/mol. The zero-order valence-electron chi connectivity index (χ0n) is 10.4. The number of aliphatic hydroxyl groups excluding tert-OH is 1. The minimum Gasteiger partial charge on any atom is -0.393 e. The molecule has 0 bridgehead atoms. The maximum absolute atomic E-state index is 9.35. The zero-order valence-corrected chi connectivity index (χ0v) is 11.9. The van der Waals surface area contributed by atoms with Crippen LogP contribution in [0.15, 0.2) is 28.7 Å². The fourth-order valence-corrected chi connectivity index (χ4v) is 2.53. The van der Waals surface area contributed by atoms with Crippen LogP contribution in [0.25, 0.3) is 0 Å². The highest BCUT2D eigenvalue weighted by atomic mass is 79.9. The number of nitrogens with one attached hydrogen (secondary N) is 1. The summed E-state index contributed by atoms with van der Waals surface area (Å²) in [5.41, 5.74) is 6.97. The molecule has 0 aliphatic rings. The van der Waals surface area contributed by atoms with Gasteiger partial charge in [0.1, 0.15) is 0 Å². The Morgan fingerprint density at radius 3 is 2.53 bits per heavy atom. The third-order valence-electron chi connectivity index (χ3n) is 2.70. The van der Waals surface area contributed by atoms with Gasteiger partial charge < -0.3 is 16.2 Å². The van der Waals surface area contributed by atoms with E-state index in [1.807, 2.05) is 18.2 Å². The van der Waals surface area contributed by atoms with Crippen LogP contribution in [-0.2, 0) is 0 Å². The summed E-state index contributed by atoms with van der Waals surface area (Å²) in [6.45, 7) is 4.40. The van der Waals surface area contributed by atoms with Crippen molar-refractivity contribution >= 4 is 15.9 Å². The van der Waals surface area contributed by atoms with Gasteiger partial charge in [0.2, 0.25) is 0 Å². The molecular weight excluding hydrogens is 280 g/mol. The molecule has 3 nitrogen and oxygen atoms in total. The van der Waals surface area contributed by atoms with E-state index in [2.05, 4.69) is 34.2 Å². The Hall–Kier alpha value is -0.420. The van der Waals surface area contributed by atoms with Gasteiger partial charge in [-0.15, -0.1) is 0 Å². The molecule has 0 spiro atoms. The van der Waals surface area contributed by atoms with Crippen LogP contribution in [0.3, 0.4) is 0 Å². The van der Waals surface area contributed by atoms with Gasteiger partial charge in [-0.1, -0.05) is 34.1 Å². The van der Waals surface area contributed by atoms with E-state index >= 15 is 0 Å². The van der Waals surface area contributed by atoms with Crippen LogP contribution in [-0.4, -0.2) is 23.8 Å². The van der Waals surface area contributed by atoms with Crippen LogP contribution in [0, 0.1) is 0 Å². The highest BCUT2D eigenvalue weighted by Crippen LogP contribution is 2.23.